The van der Waals surface area contributed by atoms with Gasteiger partial charge in [-0.1, -0.05) is 29.3 Å². The third kappa shape index (κ3) is 4.60. The maximum atomic E-state index is 12.2. The first kappa shape index (κ1) is 16.6. The number of nitrogens with zero attached hydrogens (tertiary/aromatic N) is 1. The summed E-state index contributed by atoms with van der Waals surface area (Å²) in [5, 5.41) is 4.20. The summed E-state index contributed by atoms with van der Waals surface area (Å²) < 4.78 is 0. The molecule has 1 aromatic rings. The molecule has 0 radical (unpaired) electrons. The summed E-state index contributed by atoms with van der Waals surface area (Å²) in [6, 6.07) is 6.14. The van der Waals surface area contributed by atoms with E-state index in [0.717, 1.165) is 25.9 Å². The summed E-state index contributed by atoms with van der Waals surface area (Å²) in [5.41, 5.74) is 0.706. The lowest BCUT2D eigenvalue weighted by Crippen LogP contribution is -2.47. The van der Waals surface area contributed by atoms with Gasteiger partial charge in [-0.15, -0.1) is 0 Å². The third-order valence-corrected chi connectivity index (χ3v) is 4.73. The molecule has 0 unspecified atom stereocenters. The van der Waals surface area contributed by atoms with Crippen molar-refractivity contribution in [2.45, 2.75) is 45.2 Å². The minimum absolute atomic E-state index is 0.00648. The maximum absolute atomic E-state index is 12.2. The van der Waals surface area contributed by atoms with Crippen LogP contribution in [0.4, 0.5) is 0 Å². The molecule has 1 aliphatic heterocycles. The molecule has 0 saturated carbocycles. The van der Waals surface area contributed by atoms with Gasteiger partial charge in [0.25, 0.3) is 0 Å². The van der Waals surface area contributed by atoms with Crippen molar-refractivity contribution in [1.29, 1.82) is 0 Å². The summed E-state index contributed by atoms with van der Waals surface area (Å²) in [4.78, 5) is 14.6. The molecule has 1 aromatic carbocycles. The highest BCUT2D eigenvalue weighted by molar-refractivity contribution is 6.36. The number of hydrogen-bond acceptors (Lipinski definition) is 2. The summed E-state index contributed by atoms with van der Waals surface area (Å²) in [6.07, 6.45) is 2.24. The zero-order valence-corrected chi connectivity index (χ0v) is 14.0. The second-order valence-corrected chi connectivity index (χ2v) is 6.66. The molecular weight excluding hydrogens is 307 g/mol. The second kappa shape index (κ2) is 7.48. The fourth-order valence-corrected chi connectivity index (χ4v) is 3.23. The molecule has 5 heteroatoms. The van der Waals surface area contributed by atoms with Crippen molar-refractivity contribution in [1.82, 2.24) is 10.2 Å². The van der Waals surface area contributed by atoms with Gasteiger partial charge >= 0.3 is 0 Å². The molecule has 1 heterocycles. The molecular formula is C16H22Cl2N2O. The maximum Gasteiger partial charge on any atom is 0.224 e. The molecule has 1 saturated heterocycles. The molecule has 0 aliphatic carbocycles. The number of likely N-dealkylation sites (tertiary alicyclic amines) is 1. The van der Waals surface area contributed by atoms with Crippen LogP contribution < -0.4 is 5.32 Å². The van der Waals surface area contributed by atoms with E-state index >= 15 is 0 Å². The van der Waals surface area contributed by atoms with Crippen molar-refractivity contribution in [3.8, 4) is 0 Å². The Hall–Kier alpha value is -0.770. The molecule has 0 spiro atoms. The predicted molar refractivity (Wildman–Crippen MR) is 88.0 cm³/mol. The zero-order valence-electron chi connectivity index (χ0n) is 12.5. The molecule has 3 nitrogen and oxygen atoms in total. The van der Waals surface area contributed by atoms with Gasteiger partial charge in [0.1, 0.15) is 0 Å². The van der Waals surface area contributed by atoms with Crippen LogP contribution in [0.3, 0.4) is 0 Å². The molecule has 2 rings (SSSR count). The van der Waals surface area contributed by atoms with Crippen LogP contribution in [-0.2, 0) is 11.2 Å². The van der Waals surface area contributed by atoms with E-state index in [9.17, 15) is 4.79 Å². The standard InChI is InChI=1S/C16H22Cl2N2O/c1-11(2)20-8-6-12(7-9-20)19-16(21)10-13-14(17)4-3-5-15(13)18/h3-5,11-12H,6-10H2,1-2H3,(H,19,21). The number of carbonyl (C=O) groups excluding carboxylic acids is 1. The van der Waals surface area contributed by atoms with Crippen molar-refractivity contribution in [2.24, 2.45) is 0 Å². The molecule has 0 bridgehead atoms. The average Bonchev–Trinajstić information content (AvgIpc) is 2.43. The van der Waals surface area contributed by atoms with Gasteiger partial charge in [-0.2, -0.15) is 0 Å². The second-order valence-electron chi connectivity index (χ2n) is 5.85. The Kier molecular flexibility index (Phi) is 5.91. The highest BCUT2D eigenvalue weighted by Crippen LogP contribution is 2.24. The van der Waals surface area contributed by atoms with Crippen LogP contribution in [0, 0.1) is 0 Å². The summed E-state index contributed by atoms with van der Waals surface area (Å²) in [6.45, 7) is 6.49. The van der Waals surface area contributed by atoms with Crippen molar-refractivity contribution < 1.29 is 4.79 Å². The van der Waals surface area contributed by atoms with Gasteiger partial charge in [-0.25, -0.2) is 0 Å². The molecule has 1 aliphatic rings. The number of halogens is 2. The van der Waals surface area contributed by atoms with Crippen molar-refractivity contribution in [3.05, 3.63) is 33.8 Å². The molecule has 1 N–H and O–H groups in total. The van der Waals surface area contributed by atoms with E-state index in [1.165, 1.54) is 0 Å². The molecule has 0 atom stereocenters. The van der Waals surface area contributed by atoms with E-state index in [1.54, 1.807) is 18.2 Å². The number of hydrogen-bond donors (Lipinski definition) is 1. The Balaban J connectivity index is 1.86. The van der Waals surface area contributed by atoms with Crippen LogP contribution in [0.5, 0.6) is 0 Å². The summed E-state index contributed by atoms with van der Waals surface area (Å²) >= 11 is 12.2. The predicted octanol–water partition coefficient (Wildman–Crippen LogP) is 3.52. The molecule has 1 amide bonds. The number of carbonyl (C=O) groups is 1. The first-order valence-corrected chi connectivity index (χ1v) is 8.19. The topological polar surface area (TPSA) is 32.3 Å². The smallest absolute Gasteiger partial charge is 0.224 e. The Morgan fingerprint density at radius 3 is 2.38 bits per heavy atom. The fraction of sp³-hybridized carbons (Fsp3) is 0.562. The van der Waals surface area contributed by atoms with Gasteiger partial charge in [-0.05, 0) is 44.4 Å². The molecule has 0 aromatic heterocycles. The minimum Gasteiger partial charge on any atom is -0.353 e. The van der Waals surface area contributed by atoms with E-state index in [0.29, 0.717) is 21.7 Å². The van der Waals surface area contributed by atoms with Gasteiger partial charge < -0.3 is 10.2 Å². The minimum atomic E-state index is -0.00648. The summed E-state index contributed by atoms with van der Waals surface area (Å²) in [7, 11) is 0. The molecule has 1 fully saturated rings. The normalized spacial score (nSPS) is 17.2. The number of rotatable bonds is 4. The molecule has 116 valence electrons. The van der Waals surface area contributed by atoms with Gasteiger partial charge in [0.05, 0.1) is 6.42 Å². The van der Waals surface area contributed by atoms with Crippen LogP contribution in [0.2, 0.25) is 10.0 Å². The Bertz CT molecular complexity index is 477. The average molecular weight is 329 g/mol. The van der Waals surface area contributed by atoms with Crippen LogP contribution in [-0.4, -0.2) is 36.0 Å². The van der Waals surface area contributed by atoms with Gasteiger partial charge in [0.15, 0.2) is 0 Å². The lowest BCUT2D eigenvalue weighted by atomic mass is 10.0. The summed E-state index contributed by atoms with van der Waals surface area (Å²) in [5.74, 6) is -0.00648. The third-order valence-electron chi connectivity index (χ3n) is 4.02. The molecule has 21 heavy (non-hydrogen) atoms. The Morgan fingerprint density at radius 2 is 1.86 bits per heavy atom. The highest BCUT2D eigenvalue weighted by atomic mass is 35.5. The van der Waals surface area contributed by atoms with E-state index in [4.69, 9.17) is 23.2 Å². The van der Waals surface area contributed by atoms with Crippen LogP contribution in [0.1, 0.15) is 32.3 Å². The van der Waals surface area contributed by atoms with Crippen molar-refractivity contribution in [2.75, 3.05) is 13.1 Å². The van der Waals surface area contributed by atoms with E-state index in [2.05, 4.69) is 24.1 Å². The number of benzene rings is 1. The van der Waals surface area contributed by atoms with Gasteiger partial charge in [0, 0.05) is 35.2 Å². The van der Waals surface area contributed by atoms with E-state index in [1.807, 2.05) is 0 Å². The lowest BCUT2D eigenvalue weighted by Gasteiger charge is -2.34. The number of amides is 1. The SMILES string of the molecule is CC(C)N1CCC(NC(=O)Cc2c(Cl)cccc2Cl)CC1. The number of nitrogens with one attached hydrogen (secondary N) is 1. The zero-order chi connectivity index (χ0) is 15.4. The van der Waals surface area contributed by atoms with Crippen LogP contribution in [0.15, 0.2) is 18.2 Å². The highest BCUT2D eigenvalue weighted by Gasteiger charge is 2.22. The van der Waals surface area contributed by atoms with Crippen molar-refractivity contribution in [3.63, 3.8) is 0 Å². The monoisotopic (exact) mass is 328 g/mol. The Morgan fingerprint density at radius 1 is 1.29 bits per heavy atom. The fourth-order valence-electron chi connectivity index (χ4n) is 2.70. The quantitative estimate of drug-likeness (QED) is 0.917. The lowest BCUT2D eigenvalue weighted by molar-refractivity contribution is -0.121. The van der Waals surface area contributed by atoms with Gasteiger partial charge in [-0.3, -0.25) is 4.79 Å². The van der Waals surface area contributed by atoms with Crippen LogP contribution >= 0.6 is 23.2 Å². The largest absolute Gasteiger partial charge is 0.353 e. The first-order valence-electron chi connectivity index (χ1n) is 7.43. The van der Waals surface area contributed by atoms with Gasteiger partial charge in [0.2, 0.25) is 5.91 Å². The van der Waals surface area contributed by atoms with E-state index in [-0.39, 0.29) is 18.4 Å². The first-order chi connectivity index (χ1) is 9.97. The van der Waals surface area contributed by atoms with E-state index < -0.39 is 0 Å². The Labute approximate surface area is 136 Å². The van der Waals surface area contributed by atoms with Crippen LogP contribution in [0.25, 0.3) is 0 Å². The number of piperidine rings is 1. The van der Waals surface area contributed by atoms with Crippen molar-refractivity contribution >= 4 is 29.1 Å².